The van der Waals surface area contributed by atoms with Gasteiger partial charge in [-0.1, -0.05) is 0 Å². The summed E-state index contributed by atoms with van der Waals surface area (Å²) in [6, 6.07) is 6.16. The van der Waals surface area contributed by atoms with Gasteiger partial charge in [0, 0.05) is 11.6 Å². The summed E-state index contributed by atoms with van der Waals surface area (Å²) in [5, 5.41) is 17.6. The van der Waals surface area contributed by atoms with Gasteiger partial charge in [0.25, 0.3) is 0 Å². The zero-order valence-corrected chi connectivity index (χ0v) is 13.6. The molecule has 25 heavy (non-hydrogen) atoms. The van der Waals surface area contributed by atoms with Crippen LogP contribution in [-0.4, -0.2) is 25.8 Å². The van der Waals surface area contributed by atoms with E-state index in [1.54, 1.807) is 6.07 Å². The van der Waals surface area contributed by atoms with Crippen LogP contribution in [0.5, 0.6) is 0 Å². The first-order valence-corrected chi connectivity index (χ1v) is 8.16. The molecule has 0 aliphatic heterocycles. The Morgan fingerprint density at radius 2 is 2.20 bits per heavy atom. The summed E-state index contributed by atoms with van der Waals surface area (Å²) in [6.45, 7) is 2.10. The van der Waals surface area contributed by atoms with E-state index >= 15 is 0 Å². The molecule has 0 radical (unpaired) electrons. The van der Waals surface area contributed by atoms with Crippen LogP contribution >= 0.6 is 0 Å². The number of aromatic nitrogens is 3. The second kappa shape index (κ2) is 5.84. The number of halogens is 1. The van der Waals surface area contributed by atoms with E-state index < -0.39 is 5.97 Å². The molecule has 1 unspecified atom stereocenters. The van der Waals surface area contributed by atoms with Gasteiger partial charge in [-0.15, -0.1) is 0 Å². The van der Waals surface area contributed by atoms with Crippen molar-refractivity contribution in [2.24, 2.45) is 5.92 Å². The van der Waals surface area contributed by atoms with Crippen molar-refractivity contribution in [1.82, 2.24) is 14.8 Å². The smallest absolute Gasteiger partial charge is 0.337 e. The summed E-state index contributed by atoms with van der Waals surface area (Å²) in [7, 11) is 0. The van der Waals surface area contributed by atoms with Crippen LogP contribution in [0.2, 0.25) is 0 Å². The van der Waals surface area contributed by atoms with Crippen LogP contribution in [-0.2, 0) is 0 Å². The predicted octanol–water partition coefficient (Wildman–Crippen LogP) is 3.98. The Morgan fingerprint density at radius 1 is 1.40 bits per heavy atom. The fourth-order valence-electron chi connectivity index (χ4n) is 3.10. The predicted molar refractivity (Wildman–Crippen MR) is 91.6 cm³/mol. The van der Waals surface area contributed by atoms with Gasteiger partial charge in [0.1, 0.15) is 5.82 Å². The lowest BCUT2D eigenvalue weighted by atomic mass is 10.2. The van der Waals surface area contributed by atoms with Gasteiger partial charge in [0.15, 0.2) is 5.82 Å². The van der Waals surface area contributed by atoms with Crippen LogP contribution in [0.4, 0.5) is 15.9 Å². The Morgan fingerprint density at radius 3 is 2.92 bits per heavy atom. The molecule has 1 aliphatic rings. The number of nitrogens with zero attached hydrogens (tertiary/aromatic N) is 3. The van der Waals surface area contributed by atoms with Crippen molar-refractivity contribution in [3.8, 4) is 0 Å². The van der Waals surface area contributed by atoms with Crippen LogP contribution in [0.1, 0.15) is 36.2 Å². The van der Waals surface area contributed by atoms with Gasteiger partial charge in [0.2, 0.25) is 0 Å². The molecule has 2 N–H and O–H groups in total. The minimum atomic E-state index is -1.06. The molecule has 128 valence electrons. The van der Waals surface area contributed by atoms with Crippen molar-refractivity contribution < 1.29 is 14.3 Å². The number of rotatable bonds is 5. The number of anilines is 2. The molecule has 3 aromatic rings. The first-order chi connectivity index (χ1) is 12.0. The van der Waals surface area contributed by atoms with Gasteiger partial charge in [-0.2, -0.15) is 5.10 Å². The topological polar surface area (TPSA) is 80.0 Å². The number of carboxylic acid groups (broad SMARTS) is 1. The summed E-state index contributed by atoms with van der Waals surface area (Å²) < 4.78 is 15.7. The summed E-state index contributed by atoms with van der Waals surface area (Å²) in [4.78, 5) is 15.4. The third-order valence-corrected chi connectivity index (χ3v) is 4.66. The zero-order valence-electron chi connectivity index (χ0n) is 13.6. The van der Waals surface area contributed by atoms with Crippen molar-refractivity contribution in [2.45, 2.75) is 25.8 Å². The Hall–Kier alpha value is -2.96. The largest absolute Gasteiger partial charge is 0.478 e. The zero-order chi connectivity index (χ0) is 17.6. The molecule has 1 aromatic carbocycles. The summed E-state index contributed by atoms with van der Waals surface area (Å²) in [5.74, 6) is -0.420. The van der Waals surface area contributed by atoms with Crippen LogP contribution in [0, 0.1) is 11.7 Å². The SMILES string of the molecule is CC(C1CC1)n1nc(Nc2cnccc2C(=O)O)c2cc(F)ccc21. The van der Waals surface area contributed by atoms with Gasteiger partial charge in [-0.3, -0.25) is 9.67 Å². The standard InChI is InChI=1S/C18H17FN4O2/c1-10(11-2-3-11)23-16-5-4-12(19)8-14(16)17(22-23)21-15-9-20-7-6-13(15)18(24)25/h4-11H,2-3H2,1H3,(H,21,22)(H,24,25). The molecule has 0 amide bonds. The van der Waals surface area contributed by atoms with Crippen molar-refractivity contribution in [1.29, 1.82) is 0 Å². The van der Waals surface area contributed by atoms with E-state index in [0.717, 1.165) is 18.4 Å². The highest BCUT2D eigenvalue weighted by molar-refractivity contribution is 5.97. The third-order valence-electron chi connectivity index (χ3n) is 4.66. The minimum absolute atomic E-state index is 0.0874. The first-order valence-electron chi connectivity index (χ1n) is 8.16. The van der Waals surface area contributed by atoms with Crippen molar-refractivity contribution in [2.75, 3.05) is 5.32 Å². The molecule has 1 atom stereocenters. The molecule has 7 heteroatoms. The van der Waals surface area contributed by atoms with E-state index in [-0.39, 0.29) is 17.4 Å². The Balaban J connectivity index is 1.82. The molecule has 2 heterocycles. The first kappa shape index (κ1) is 15.6. The molecule has 1 fully saturated rings. The van der Waals surface area contributed by atoms with Crippen LogP contribution in [0.3, 0.4) is 0 Å². The second-order valence-corrected chi connectivity index (χ2v) is 6.38. The Bertz CT molecular complexity index is 965. The van der Waals surface area contributed by atoms with E-state index in [1.807, 2.05) is 4.68 Å². The quantitative estimate of drug-likeness (QED) is 0.734. The fraction of sp³-hybridized carbons (Fsp3) is 0.278. The minimum Gasteiger partial charge on any atom is -0.478 e. The molecular weight excluding hydrogens is 323 g/mol. The van der Waals surface area contributed by atoms with Gasteiger partial charge in [-0.25, -0.2) is 9.18 Å². The lowest BCUT2D eigenvalue weighted by Crippen LogP contribution is -2.09. The molecular formula is C18H17FN4O2. The second-order valence-electron chi connectivity index (χ2n) is 6.38. The fourth-order valence-corrected chi connectivity index (χ4v) is 3.10. The normalized spacial score (nSPS) is 15.3. The van der Waals surface area contributed by atoms with Crippen LogP contribution in [0.25, 0.3) is 10.9 Å². The molecule has 6 nitrogen and oxygen atoms in total. The highest BCUT2D eigenvalue weighted by atomic mass is 19.1. The van der Waals surface area contributed by atoms with E-state index in [2.05, 4.69) is 22.3 Å². The molecule has 1 aliphatic carbocycles. The van der Waals surface area contributed by atoms with E-state index in [4.69, 9.17) is 0 Å². The monoisotopic (exact) mass is 340 g/mol. The van der Waals surface area contributed by atoms with Gasteiger partial charge in [0.05, 0.1) is 29.0 Å². The maximum absolute atomic E-state index is 13.8. The average Bonchev–Trinajstić information content (AvgIpc) is 3.38. The van der Waals surface area contributed by atoms with Crippen molar-refractivity contribution in [3.63, 3.8) is 0 Å². The third kappa shape index (κ3) is 2.82. The van der Waals surface area contributed by atoms with E-state index in [0.29, 0.717) is 22.8 Å². The molecule has 0 bridgehead atoms. The summed E-state index contributed by atoms with van der Waals surface area (Å²) in [6.07, 6.45) is 5.18. The Kier molecular flexibility index (Phi) is 3.63. The molecule has 4 rings (SSSR count). The highest BCUT2D eigenvalue weighted by Crippen LogP contribution is 2.41. The van der Waals surface area contributed by atoms with Crippen molar-refractivity contribution in [3.05, 3.63) is 48.0 Å². The molecule has 1 saturated carbocycles. The number of fused-ring (bicyclic) bond motifs is 1. The number of aromatic carboxylic acids is 1. The van der Waals surface area contributed by atoms with Crippen molar-refractivity contribution >= 4 is 28.4 Å². The lowest BCUT2D eigenvalue weighted by molar-refractivity contribution is 0.0698. The molecule has 0 saturated heterocycles. The number of benzene rings is 1. The highest BCUT2D eigenvalue weighted by Gasteiger charge is 2.31. The molecule has 2 aromatic heterocycles. The Labute approximate surface area is 143 Å². The maximum atomic E-state index is 13.8. The van der Waals surface area contributed by atoms with Gasteiger partial charge >= 0.3 is 5.97 Å². The van der Waals surface area contributed by atoms with Crippen LogP contribution in [0.15, 0.2) is 36.7 Å². The number of nitrogens with one attached hydrogen (secondary N) is 1. The van der Waals surface area contributed by atoms with E-state index in [9.17, 15) is 14.3 Å². The van der Waals surface area contributed by atoms with E-state index in [1.165, 1.54) is 30.6 Å². The number of hydrogen-bond donors (Lipinski definition) is 2. The lowest BCUT2D eigenvalue weighted by Gasteiger charge is -2.12. The number of carboxylic acids is 1. The number of carbonyl (C=O) groups is 1. The van der Waals surface area contributed by atoms with Gasteiger partial charge in [-0.05, 0) is 49.9 Å². The summed E-state index contributed by atoms with van der Waals surface area (Å²) >= 11 is 0. The average molecular weight is 340 g/mol. The van der Waals surface area contributed by atoms with Crippen LogP contribution < -0.4 is 5.32 Å². The van der Waals surface area contributed by atoms with Gasteiger partial charge < -0.3 is 10.4 Å². The summed E-state index contributed by atoms with van der Waals surface area (Å²) in [5.41, 5.74) is 1.23. The maximum Gasteiger partial charge on any atom is 0.337 e. The number of pyridine rings is 1. The number of hydrogen-bond acceptors (Lipinski definition) is 4. The molecule has 0 spiro atoms.